The molecule has 21 atom stereocenters. The number of carbonyl (C=O) groups is 3. The number of carbonyl (C=O) groups excluding carboxylic acids is 3. The molecule has 0 bridgehead atoms. The molecule has 0 saturated carbocycles. The van der Waals surface area contributed by atoms with E-state index in [1.165, 1.54) is 6.92 Å². The molecule has 0 spiro atoms. The van der Waals surface area contributed by atoms with Crippen LogP contribution in [-0.4, -0.2) is 312 Å². The molecule has 92 heavy (non-hydrogen) atoms. The van der Waals surface area contributed by atoms with Gasteiger partial charge in [-0.3, -0.25) is 29.3 Å². The van der Waals surface area contributed by atoms with Gasteiger partial charge < -0.3 is 136 Å². The Morgan fingerprint density at radius 1 is 0.457 bits per heavy atom. The zero-order valence-electron chi connectivity index (χ0n) is 44.7. The van der Waals surface area contributed by atoms with Crippen LogP contribution in [0.25, 0.3) is 0 Å². The number of carboxylic acids is 3. The summed E-state index contributed by atoms with van der Waals surface area (Å²) in [4.78, 5) is 33.6. The molecule has 5 saturated heterocycles. The fourth-order valence-corrected chi connectivity index (χ4v) is 12.1. The molecule has 59 heteroatoms. The molecule has 5 heterocycles. The average molecular weight is 1520 g/mol. The summed E-state index contributed by atoms with van der Waals surface area (Å²) in [5.74, 6) is -6.74. The minimum Gasteiger partial charge on any atom is -0.748 e. The second kappa shape index (κ2) is 34.4. The minimum atomic E-state index is -5.79. The minimum absolute atomic E-state index is 0. The molecule has 5 fully saturated rings. The van der Waals surface area contributed by atoms with Crippen molar-refractivity contribution >= 4 is 101 Å². The highest BCUT2D eigenvalue weighted by Gasteiger charge is 2.53. The van der Waals surface area contributed by atoms with E-state index >= 15 is 0 Å². The van der Waals surface area contributed by atoms with Crippen LogP contribution in [0.15, 0.2) is 0 Å². The fraction of sp³-hybridized carbons (Fsp3) is 0.909. The summed E-state index contributed by atoms with van der Waals surface area (Å²) >= 11 is 0. The monoisotopic (exact) mass is 1520 g/mol. The number of hydrogen-bond donors (Lipinski definition) is 5. The zero-order chi connectivity index (χ0) is 69.4. The van der Waals surface area contributed by atoms with Crippen molar-refractivity contribution in [2.75, 3.05) is 25.6 Å². The van der Waals surface area contributed by atoms with Crippen LogP contribution in [0.3, 0.4) is 0 Å². The molecular weight excluding hydrogens is 1470 g/mol. The van der Waals surface area contributed by atoms with Gasteiger partial charge in [0.15, 0.2) is 24.8 Å². The molecule has 0 radical (unpaired) electrons. The summed E-state index contributed by atoms with van der Waals surface area (Å²) in [6.07, 6.45) is -45.7. The molecule has 546 valence electrons. The second-order valence-electron chi connectivity index (χ2n) is 18.3. The zero-order valence-corrected chi connectivity index (χ0v) is 51.3. The lowest BCUT2D eigenvalue weighted by Gasteiger charge is -2.45. The SMILES string of the molecule is CC1OC(CCS(=O)(=O)[O-])CC(OS(=O)(=O)[O-])C1OS(=O)(=O)[O-].O.O.O=C([O-])C1OCC(O)C(O)C1OC1OC(COS(=O)(=O)[O-])C(O)C(O)C1OS(=O)(=O)[O-].O=C([O-])CC1CC(OS(=O)(=O)[O-])C(OS(=O)(=O)[O-])C(OC2C(C(=O)[O-])OCC(OS(=O)(=O)[O-])C2O)O1. The molecule has 51 nitrogen and oxygen atoms in total. The maximum Gasteiger partial charge on any atom is 0.218 e. The van der Waals surface area contributed by atoms with Crippen LogP contribution in [-0.2, 0) is 160 Å². The normalized spacial score (nSPS) is 34.4. The molecule has 0 amide bonds. The predicted octanol–water partition coefficient (Wildman–Crippen LogP) is -18.2. The smallest absolute Gasteiger partial charge is 0.218 e. The van der Waals surface area contributed by atoms with Crippen LogP contribution < -0.4 is 15.3 Å². The van der Waals surface area contributed by atoms with Gasteiger partial charge in [-0.15, -0.1) is 0 Å². The summed E-state index contributed by atoms with van der Waals surface area (Å²) in [7, 11) is -43.0. The highest BCUT2D eigenvalue weighted by molar-refractivity contribution is 7.85. The van der Waals surface area contributed by atoms with Gasteiger partial charge in [0.25, 0.3) is 0 Å². The van der Waals surface area contributed by atoms with Gasteiger partial charge in [0, 0.05) is 31.0 Å². The maximum atomic E-state index is 11.4. The van der Waals surface area contributed by atoms with Gasteiger partial charge in [-0.05, 0) is 13.3 Å². The Labute approximate surface area is 517 Å². The van der Waals surface area contributed by atoms with Gasteiger partial charge in [-0.1, -0.05) is 0 Å². The Hall–Kier alpha value is -3.15. The Morgan fingerprint density at radius 3 is 1.29 bits per heavy atom. The Morgan fingerprint density at radius 2 is 0.859 bits per heavy atom. The van der Waals surface area contributed by atoms with Crippen molar-refractivity contribution in [2.45, 2.75) is 161 Å². The van der Waals surface area contributed by atoms with Gasteiger partial charge in [-0.25, -0.2) is 67.3 Å². The largest absolute Gasteiger partial charge is 0.748 e. The van der Waals surface area contributed by atoms with Crippen LogP contribution >= 0.6 is 0 Å². The third-order valence-corrected chi connectivity index (χ3v) is 15.7. The lowest BCUT2D eigenvalue weighted by Crippen LogP contribution is -2.65. The quantitative estimate of drug-likeness (QED) is 0.0396. The third kappa shape index (κ3) is 30.5. The Kier molecular flexibility index (Phi) is 32.5. The van der Waals surface area contributed by atoms with Crippen molar-refractivity contribution in [1.29, 1.82) is 0 Å². The lowest BCUT2D eigenvalue weighted by molar-refractivity contribution is -0.351. The van der Waals surface area contributed by atoms with Gasteiger partial charge in [-0.2, -0.15) is 0 Å². The van der Waals surface area contributed by atoms with E-state index in [0.29, 0.717) is 0 Å². The summed E-state index contributed by atoms with van der Waals surface area (Å²) in [5.41, 5.74) is 0. The lowest BCUT2D eigenvalue weighted by atomic mass is 9.97. The summed E-state index contributed by atoms with van der Waals surface area (Å²) in [5, 5.41) is 83.7. The number of ether oxygens (including phenoxy) is 7. The summed E-state index contributed by atoms with van der Waals surface area (Å²) in [6.45, 7) is -1.73. The van der Waals surface area contributed by atoms with Crippen LogP contribution in [0.5, 0.6) is 0 Å². The molecule has 21 unspecified atom stereocenters. The van der Waals surface area contributed by atoms with Crippen molar-refractivity contribution in [3.63, 3.8) is 0 Å². The highest BCUT2D eigenvalue weighted by atomic mass is 32.3. The average Bonchev–Trinajstić information content (AvgIpc) is 0.797. The standard InChI is InChI=1S/C13H20O20S3.C12H20O17S2.C8H16O12S3.2H2O/c14-7(15)2-4-1-5(31-34(19,20)21)9(33-36(25,26)27)13(29-4)30-10-8(16)6(32-35(22,23)24)3-28-11(10)12(17)18;13-3-1-25-10(11(17)18)8(5(3)14)28-12-9(29-31(22,23)24)7(16)6(15)4(27-12)2-26-30(19,20)21;1-5-8(20-23(15,16)17)7(19-22(12,13)14)4-6(18-5)2-3-21(9,10)11;;/h4-6,8-11,13,16H,1-3H2,(H,14,15)(H,17,18)(H,19,20,21)(H,22,23,24)(H,25,26,27);3-10,12-16H,1-2H2,(H,17,18)(H,19,20,21)(H,22,23,24);5-8H,2-4H2,1H3,(H,9,10,11)(H,12,13,14)(H,15,16,17);2*1H2/p-11. The van der Waals surface area contributed by atoms with E-state index in [1.807, 2.05) is 0 Å². The van der Waals surface area contributed by atoms with Crippen LogP contribution in [0, 0.1) is 0 Å². The van der Waals surface area contributed by atoms with E-state index < -0.39 is 274 Å². The second-order valence-corrected chi connectivity index (χ2v) is 27.0. The van der Waals surface area contributed by atoms with Gasteiger partial charge >= 0.3 is 0 Å². The van der Waals surface area contributed by atoms with E-state index in [4.69, 9.17) is 33.2 Å². The van der Waals surface area contributed by atoms with Gasteiger partial charge in [0.2, 0.25) is 72.8 Å². The molecule has 0 aromatic heterocycles. The van der Waals surface area contributed by atoms with Crippen LogP contribution in [0.2, 0.25) is 0 Å². The predicted molar refractivity (Wildman–Crippen MR) is 249 cm³/mol. The number of rotatable bonds is 26. The first-order chi connectivity index (χ1) is 40.5. The highest BCUT2D eigenvalue weighted by Crippen LogP contribution is 2.35. The van der Waals surface area contributed by atoms with Crippen LogP contribution in [0.4, 0.5) is 0 Å². The number of carboxylic acid groups (broad SMARTS) is 3. The Bertz CT molecular complexity index is 3380. The van der Waals surface area contributed by atoms with E-state index in [9.17, 15) is 159 Å². The van der Waals surface area contributed by atoms with Gasteiger partial charge in [0.05, 0.1) is 60.2 Å². The van der Waals surface area contributed by atoms with E-state index in [-0.39, 0.29) is 17.4 Å². The summed E-state index contributed by atoms with van der Waals surface area (Å²) in [6, 6.07) is 0. The number of aliphatic hydroxyl groups excluding tert-OH is 5. The van der Waals surface area contributed by atoms with Crippen molar-refractivity contribution in [3.05, 3.63) is 0 Å². The number of aliphatic carboxylic acids is 3. The third-order valence-electron chi connectivity index (χ3n) is 11.7. The molecular formula is C33H49O51S8-11. The van der Waals surface area contributed by atoms with Crippen molar-refractivity contribution in [2.24, 2.45) is 0 Å². The Balaban J connectivity index is 0.000000699. The summed E-state index contributed by atoms with van der Waals surface area (Å²) < 4.78 is 323. The maximum absolute atomic E-state index is 11.4. The van der Waals surface area contributed by atoms with E-state index in [2.05, 4.69) is 29.3 Å². The topological polar surface area (TPSA) is 871 Å². The first-order valence-electron chi connectivity index (χ1n) is 23.4. The van der Waals surface area contributed by atoms with Crippen molar-refractivity contribution in [3.8, 4) is 0 Å². The fourth-order valence-electron chi connectivity index (χ4n) is 8.29. The molecule has 0 aromatic carbocycles. The van der Waals surface area contributed by atoms with Gasteiger partial charge in [0.1, 0.15) is 85.5 Å². The molecule has 5 rings (SSSR count). The van der Waals surface area contributed by atoms with E-state index in [1.54, 1.807) is 0 Å². The first-order valence-corrected chi connectivity index (χ1v) is 34.3. The molecule has 5 aliphatic heterocycles. The number of hydrogen-bond acceptors (Lipinski definition) is 49. The first kappa shape index (κ1) is 86.9. The molecule has 0 aromatic rings. The molecule has 0 aliphatic carbocycles. The van der Waals surface area contributed by atoms with Crippen molar-refractivity contribution in [1.82, 2.24) is 0 Å². The van der Waals surface area contributed by atoms with Crippen molar-refractivity contribution < 1.29 is 232 Å². The molecule has 5 aliphatic rings. The molecule has 9 N–H and O–H groups in total. The van der Waals surface area contributed by atoms with Crippen LogP contribution in [0.1, 0.15) is 32.6 Å². The number of aliphatic hydroxyl groups is 5. The van der Waals surface area contributed by atoms with E-state index in [0.717, 1.165) is 0 Å².